The van der Waals surface area contributed by atoms with Crippen molar-refractivity contribution in [3.05, 3.63) is 52.5 Å². The normalized spacial score (nSPS) is 13.2. The van der Waals surface area contributed by atoms with Crippen LogP contribution in [0, 0.1) is 6.92 Å². The van der Waals surface area contributed by atoms with Gasteiger partial charge in [-0.1, -0.05) is 17.7 Å². The highest BCUT2D eigenvalue weighted by atomic mass is 35.5. The van der Waals surface area contributed by atoms with Crippen molar-refractivity contribution in [2.75, 3.05) is 16.8 Å². The van der Waals surface area contributed by atoms with E-state index in [2.05, 4.69) is 11.4 Å². The van der Waals surface area contributed by atoms with E-state index in [1.54, 1.807) is 6.92 Å². The molecule has 2 aromatic carbocycles. The molecule has 2 aromatic rings. The summed E-state index contributed by atoms with van der Waals surface area (Å²) in [5, 5.41) is 4.15. The minimum Gasteiger partial charge on any atom is -0.355 e. The molecule has 0 bridgehead atoms. The van der Waals surface area contributed by atoms with Crippen LogP contribution in [0.4, 0.5) is 17.1 Å². The summed E-state index contributed by atoms with van der Waals surface area (Å²) in [6.07, 6.45) is 0.902. The van der Waals surface area contributed by atoms with Crippen LogP contribution in [0.2, 0.25) is 5.02 Å². The van der Waals surface area contributed by atoms with Crippen molar-refractivity contribution in [1.82, 2.24) is 0 Å². The zero-order valence-electron chi connectivity index (χ0n) is 12.1. The molecule has 21 heavy (non-hydrogen) atoms. The van der Waals surface area contributed by atoms with Crippen LogP contribution >= 0.6 is 11.6 Å². The number of hydrogen-bond donors (Lipinski definition) is 1. The monoisotopic (exact) mass is 300 g/mol. The molecule has 1 aliphatic heterocycles. The summed E-state index contributed by atoms with van der Waals surface area (Å²) >= 11 is 6.14. The fourth-order valence-corrected chi connectivity index (χ4v) is 2.88. The lowest BCUT2D eigenvalue weighted by molar-refractivity contribution is -0.116. The van der Waals surface area contributed by atoms with Crippen molar-refractivity contribution in [2.45, 2.75) is 20.3 Å². The van der Waals surface area contributed by atoms with Gasteiger partial charge in [0.25, 0.3) is 0 Å². The summed E-state index contributed by atoms with van der Waals surface area (Å²) in [5.74, 6) is 0.0974. The topological polar surface area (TPSA) is 32.3 Å². The Hall–Kier alpha value is -2.00. The fourth-order valence-electron chi connectivity index (χ4n) is 2.70. The number of nitrogens with one attached hydrogen (secondary N) is 1. The van der Waals surface area contributed by atoms with Crippen molar-refractivity contribution in [3.8, 4) is 0 Å². The third-order valence-electron chi connectivity index (χ3n) is 3.90. The minimum atomic E-state index is 0.0974. The van der Waals surface area contributed by atoms with Gasteiger partial charge in [-0.05, 0) is 54.8 Å². The van der Waals surface area contributed by atoms with Gasteiger partial charge < -0.3 is 10.2 Å². The molecule has 4 heteroatoms. The molecule has 0 saturated carbocycles. The van der Waals surface area contributed by atoms with Crippen molar-refractivity contribution < 1.29 is 4.79 Å². The molecule has 3 rings (SSSR count). The lowest BCUT2D eigenvalue weighted by Gasteiger charge is -2.16. The maximum atomic E-state index is 11.6. The molecule has 0 atom stereocenters. The molecule has 0 saturated heterocycles. The van der Waals surface area contributed by atoms with Gasteiger partial charge in [0, 0.05) is 35.6 Å². The third kappa shape index (κ3) is 2.61. The van der Waals surface area contributed by atoms with Crippen LogP contribution in [-0.2, 0) is 11.2 Å². The number of rotatable bonds is 2. The maximum absolute atomic E-state index is 11.6. The van der Waals surface area contributed by atoms with Gasteiger partial charge in [0.05, 0.1) is 0 Å². The van der Waals surface area contributed by atoms with Crippen LogP contribution in [0.25, 0.3) is 0 Å². The number of nitrogens with zero attached hydrogens (tertiary/aromatic N) is 1. The molecule has 1 aliphatic rings. The largest absolute Gasteiger partial charge is 0.355 e. The third-order valence-corrected chi connectivity index (χ3v) is 4.31. The number of hydrogen-bond acceptors (Lipinski definition) is 2. The van der Waals surface area contributed by atoms with E-state index < -0.39 is 0 Å². The minimum absolute atomic E-state index is 0.0974. The number of halogens is 1. The first kappa shape index (κ1) is 14.0. The lowest BCUT2D eigenvalue weighted by Crippen LogP contribution is -2.25. The average molecular weight is 301 g/mol. The molecule has 0 aliphatic carbocycles. The van der Waals surface area contributed by atoms with Crippen LogP contribution in [0.5, 0.6) is 0 Å². The first-order valence-electron chi connectivity index (χ1n) is 6.99. The Morgan fingerprint density at radius 2 is 2.10 bits per heavy atom. The number of fused-ring (bicyclic) bond motifs is 1. The number of benzene rings is 2. The summed E-state index contributed by atoms with van der Waals surface area (Å²) in [6, 6.07) is 11.9. The average Bonchev–Trinajstić information content (AvgIpc) is 2.87. The molecule has 108 valence electrons. The van der Waals surface area contributed by atoms with Crippen molar-refractivity contribution >= 4 is 34.6 Å². The van der Waals surface area contributed by atoms with Crippen LogP contribution in [0.15, 0.2) is 36.4 Å². The summed E-state index contributed by atoms with van der Waals surface area (Å²) in [4.78, 5) is 13.4. The summed E-state index contributed by atoms with van der Waals surface area (Å²) < 4.78 is 0. The van der Waals surface area contributed by atoms with E-state index in [0.717, 1.165) is 40.6 Å². The molecule has 1 heterocycles. The zero-order valence-corrected chi connectivity index (χ0v) is 12.9. The first-order valence-corrected chi connectivity index (χ1v) is 7.37. The maximum Gasteiger partial charge on any atom is 0.223 e. The number of amides is 1. The number of carbonyl (C=O) groups is 1. The fraction of sp³-hybridized carbons (Fsp3) is 0.235. The Bertz CT molecular complexity index is 712. The Kier molecular flexibility index (Phi) is 3.60. The summed E-state index contributed by atoms with van der Waals surface area (Å²) in [7, 11) is 0. The Labute approximate surface area is 129 Å². The van der Waals surface area contributed by atoms with Crippen LogP contribution < -0.4 is 10.2 Å². The Morgan fingerprint density at radius 1 is 1.29 bits per heavy atom. The molecule has 3 nitrogen and oxygen atoms in total. The van der Waals surface area contributed by atoms with Gasteiger partial charge in [-0.3, -0.25) is 4.79 Å². The molecule has 0 radical (unpaired) electrons. The molecule has 0 unspecified atom stereocenters. The molecular formula is C17H17ClN2O. The lowest BCUT2D eigenvalue weighted by atomic mass is 10.1. The number of anilines is 3. The second kappa shape index (κ2) is 5.41. The van der Waals surface area contributed by atoms with Crippen LogP contribution in [0.3, 0.4) is 0 Å². The van der Waals surface area contributed by atoms with Gasteiger partial charge in [-0.15, -0.1) is 0 Å². The second-order valence-electron chi connectivity index (χ2n) is 5.30. The smallest absolute Gasteiger partial charge is 0.223 e. The van der Waals surface area contributed by atoms with E-state index in [4.69, 9.17) is 11.6 Å². The highest BCUT2D eigenvalue weighted by Crippen LogP contribution is 2.32. The highest BCUT2D eigenvalue weighted by molar-refractivity contribution is 6.31. The summed E-state index contributed by atoms with van der Waals surface area (Å²) in [5.41, 5.74) is 5.28. The molecule has 1 N–H and O–H groups in total. The second-order valence-corrected chi connectivity index (χ2v) is 5.71. The van der Waals surface area contributed by atoms with Crippen molar-refractivity contribution in [1.29, 1.82) is 0 Å². The molecule has 0 aromatic heterocycles. The first-order chi connectivity index (χ1) is 10.1. The molecule has 0 spiro atoms. The van der Waals surface area contributed by atoms with E-state index in [-0.39, 0.29) is 5.91 Å². The Morgan fingerprint density at radius 3 is 2.86 bits per heavy atom. The van der Waals surface area contributed by atoms with Gasteiger partial charge in [0.2, 0.25) is 5.91 Å². The van der Waals surface area contributed by atoms with Gasteiger partial charge in [-0.2, -0.15) is 0 Å². The van der Waals surface area contributed by atoms with Gasteiger partial charge in [0.1, 0.15) is 0 Å². The predicted octanol–water partition coefficient (Wildman–Crippen LogP) is 4.30. The van der Waals surface area contributed by atoms with Gasteiger partial charge in [0.15, 0.2) is 0 Å². The van der Waals surface area contributed by atoms with E-state index in [0.29, 0.717) is 0 Å². The van der Waals surface area contributed by atoms with Gasteiger partial charge in [-0.25, -0.2) is 0 Å². The number of carbonyl (C=O) groups excluding carboxylic acids is 1. The van der Waals surface area contributed by atoms with E-state index in [1.807, 2.05) is 42.2 Å². The quantitative estimate of drug-likeness (QED) is 0.897. The molecule has 1 amide bonds. The SMILES string of the molecule is CC(=O)N1CCc2cc(Nc3cccc(Cl)c3C)ccc21. The van der Waals surface area contributed by atoms with Crippen LogP contribution in [-0.4, -0.2) is 12.5 Å². The zero-order chi connectivity index (χ0) is 15.0. The Balaban J connectivity index is 1.89. The van der Waals surface area contributed by atoms with E-state index in [9.17, 15) is 4.79 Å². The predicted molar refractivity (Wildman–Crippen MR) is 87.6 cm³/mol. The van der Waals surface area contributed by atoms with Crippen molar-refractivity contribution in [2.24, 2.45) is 0 Å². The molecular weight excluding hydrogens is 284 g/mol. The van der Waals surface area contributed by atoms with E-state index in [1.165, 1.54) is 5.56 Å². The summed E-state index contributed by atoms with van der Waals surface area (Å²) in [6.45, 7) is 4.37. The van der Waals surface area contributed by atoms with Crippen molar-refractivity contribution in [3.63, 3.8) is 0 Å². The molecule has 0 fully saturated rings. The standard InChI is InChI=1S/C17H17ClN2O/c1-11-15(18)4-3-5-16(11)19-14-6-7-17-13(10-14)8-9-20(17)12(2)21/h3-7,10,19H,8-9H2,1-2H3. The van der Waals surface area contributed by atoms with Gasteiger partial charge >= 0.3 is 0 Å². The highest BCUT2D eigenvalue weighted by Gasteiger charge is 2.22. The van der Waals surface area contributed by atoms with E-state index >= 15 is 0 Å². The van der Waals surface area contributed by atoms with Crippen LogP contribution in [0.1, 0.15) is 18.1 Å².